The summed E-state index contributed by atoms with van der Waals surface area (Å²) in [7, 11) is 0. The van der Waals surface area contributed by atoms with Crippen LogP contribution in [0.2, 0.25) is 0 Å². The molecule has 4 heteroatoms. The maximum atomic E-state index is 2.72. The van der Waals surface area contributed by atoms with Crippen LogP contribution in [0, 0.1) is 0 Å². The Morgan fingerprint density at radius 3 is 1.55 bits per heavy atom. The van der Waals surface area contributed by atoms with E-state index >= 15 is 0 Å². The zero-order valence-corrected chi connectivity index (χ0v) is 47.1. The molecule has 0 bridgehead atoms. The molecule has 0 atom stereocenters. The Bertz CT molecular complexity index is 4040. The van der Waals surface area contributed by atoms with Crippen molar-refractivity contribution in [3.8, 4) is 11.1 Å². The summed E-state index contributed by atoms with van der Waals surface area (Å²) in [6, 6.07) is 86.8. The standard InChI is InChI=1S/C74H65BN2S/c1-71(2,3)50-36-31-47(32-37-50)66(48-33-38-51(39-34-48)72(4,5)6)49-35-44-62-57(45-49)58-46-65-67(56-25-16-19-30-64(56)78-65)70-68(58)75(77(62)55-42-40-52(41-43-55)73(7,8)9)61-28-20-27-60-69(61)76(70)63-29-18-17-26-59(63)74(60,53-21-12-10-13-22-53)54-23-14-11-15-24-54/h10-46,66H,1-9H3. The van der Waals surface area contributed by atoms with Gasteiger partial charge in [-0.3, -0.25) is 0 Å². The smallest absolute Gasteiger partial charge is 0.333 e. The van der Waals surface area contributed by atoms with Gasteiger partial charge in [0.05, 0.1) is 16.8 Å². The summed E-state index contributed by atoms with van der Waals surface area (Å²) in [5.74, 6) is 0.000754. The van der Waals surface area contributed by atoms with Crippen LogP contribution in [0.25, 0.3) is 31.3 Å². The molecule has 2 nitrogen and oxygen atoms in total. The van der Waals surface area contributed by atoms with Crippen molar-refractivity contribution in [3.63, 3.8) is 0 Å². The molecule has 3 aliphatic heterocycles. The molecule has 0 fully saturated rings. The maximum Gasteiger partial charge on any atom is 0.333 e. The van der Waals surface area contributed by atoms with E-state index < -0.39 is 5.41 Å². The van der Waals surface area contributed by atoms with Gasteiger partial charge in [0.2, 0.25) is 0 Å². The first-order chi connectivity index (χ1) is 37.6. The highest BCUT2D eigenvalue weighted by molar-refractivity contribution is 7.26. The third-order valence-corrected chi connectivity index (χ3v) is 18.6. The molecule has 0 N–H and O–H groups in total. The molecule has 4 heterocycles. The fourth-order valence-electron chi connectivity index (χ4n) is 13.7. The van der Waals surface area contributed by atoms with Crippen molar-refractivity contribution in [1.29, 1.82) is 0 Å². The molecular formula is C74H65BN2S. The second-order valence-corrected chi connectivity index (χ2v) is 26.3. The molecule has 10 aromatic carbocycles. The van der Waals surface area contributed by atoms with Gasteiger partial charge >= 0.3 is 6.85 Å². The Kier molecular flexibility index (Phi) is 10.9. The molecule has 0 saturated heterocycles. The van der Waals surface area contributed by atoms with Gasteiger partial charge in [-0.2, -0.15) is 0 Å². The lowest BCUT2D eigenvalue weighted by atomic mass is 9.42. The van der Waals surface area contributed by atoms with Crippen LogP contribution in [0.4, 0.5) is 28.4 Å². The van der Waals surface area contributed by atoms with E-state index in [0.717, 1.165) is 0 Å². The van der Waals surface area contributed by atoms with Crippen molar-refractivity contribution < 1.29 is 0 Å². The van der Waals surface area contributed by atoms with E-state index in [2.05, 4.69) is 296 Å². The highest BCUT2D eigenvalue weighted by atomic mass is 32.1. The average molecular weight is 1030 g/mol. The van der Waals surface area contributed by atoms with E-state index in [0.29, 0.717) is 0 Å². The van der Waals surface area contributed by atoms with Crippen LogP contribution >= 0.6 is 11.3 Å². The summed E-state index contributed by atoms with van der Waals surface area (Å²) in [6.07, 6.45) is 0. The van der Waals surface area contributed by atoms with Gasteiger partial charge in [-0.1, -0.05) is 244 Å². The van der Waals surface area contributed by atoms with Gasteiger partial charge < -0.3 is 9.71 Å². The Morgan fingerprint density at radius 1 is 0.423 bits per heavy atom. The minimum Gasteiger partial charge on any atom is -0.376 e. The van der Waals surface area contributed by atoms with E-state index in [9.17, 15) is 0 Å². The van der Waals surface area contributed by atoms with Crippen LogP contribution in [-0.4, -0.2) is 6.85 Å². The normalized spacial score (nSPS) is 14.4. The number of hydrogen-bond donors (Lipinski definition) is 0. The number of anilines is 5. The summed E-state index contributed by atoms with van der Waals surface area (Å²) in [4.78, 5) is 5.43. The van der Waals surface area contributed by atoms with Gasteiger partial charge in [0.15, 0.2) is 0 Å². The molecule has 0 spiro atoms. The number of fused-ring (bicyclic) bond motifs is 10. The van der Waals surface area contributed by atoms with Crippen molar-refractivity contribution in [2.45, 2.75) is 89.9 Å². The molecule has 0 aliphatic carbocycles. The fraction of sp³-hybridized carbons (Fsp3) is 0.189. The molecule has 0 saturated carbocycles. The predicted octanol–water partition coefficient (Wildman–Crippen LogP) is 18.5. The highest BCUT2D eigenvalue weighted by Gasteiger charge is 2.53. The average Bonchev–Trinajstić information content (AvgIpc) is 2.69. The van der Waals surface area contributed by atoms with Crippen molar-refractivity contribution in [3.05, 3.63) is 280 Å². The number of benzene rings is 10. The van der Waals surface area contributed by atoms with Gasteiger partial charge in [0.1, 0.15) is 0 Å². The SMILES string of the molecule is CC(C)(C)c1ccc(C(c2ccc(C(C)(C)C)cc2)c2ccc3c(c2)-c2cc4sc5ccccc5c4c4c2B(c2cccc5c2N4c2ccccc2C5(c2ccccc2)c2ccccc2)N3c2ccc(C(C)(C)C)cc2)cc1. The molecule has 14 rings (SSSR count). The van der Waals surface area contributed by atoms with E-state index in [1.54, 1.807) is 0 Å². The number of para-hydroxylation sites is 2. The molecular weight excluding hydrogens is 960 g/mol. The van der Waals surface area contributed by atoms with Gasteiger partial charge in [0, 0.05) is 48.7 Å². The minimum absolute atomic E-state index is 0.000754. The monoisotopic (exact) mass is 1020 g/mol. The summed E-state index contributed by atoms with van der Waals surface area (Å²) in [5, 5.41) is 2.62. The Labute approximate surface area is 465 Å². The van der Waals surface area contributed by atoms with E-state index in [-0.39, 0.29) is 29.0 Å². The van der Waals surface area contributed by atoms with Crippen LogP contribution < -0.4 is 20.6 Å². The first-order valence-electron chi connectivity index (χ1n) is 28.0. The highest BCUT2D eigenvalue weighted by Crippen LogP contribution is 2.61. The third-order valence-electron chi connectivity index (χ3n) is 17.5. The molecule has 0 radical (unpaired) electrons. The van der Waals surface area contributed by atoms with E-state index in [1.165, 1.54) is 126 Å². The molecule has 0 amide bonds. The van der Waals surface area contributed by atoms with Crippen molar-refractivity contribution in [1.82, 2.24) is 0 Å². The van der Waals surface area contributed by atoms with E-state index in [1.807, 2.05) is 11.3 Å². The van der Waals surface area contributed by atoms with Crippen molar-refractivity contribution in [2.24, 2.45) is 0 Å². The quantitative estimate of drug-likeness (QED) is 0.121. The zero-order chi connectivity index (χ0) is 53.5. The molecule has 380 valence electrons. The van der Waals surface area contributed by atoms with Crippen LogP contribution in [0.5, 0.6) is 0 Å². The van der Waals surface area contributed by atoms with Gasteiger partial charge in [0.25, 0.3) is 0 Å². The van der Waals surface area contributed by atoms with E-state index in [4.69, 9.17) is 0 Å². The Morgan fingerprint density at radius 2 is 0.949 bits per heavy atom. The third kappa shape index (κ3) is 7.29. The number of thiophene rings is 1. The lowest BCUT2D eigenvalue weighted by Crippen LogP contribution is -2.62. The fourth-order valence-corrected chi connectivity index (χ4v) is 14.8. The number of nitrogens with zero attached hydrogens (tertiary/aromatic N) is 2. The topological polar surface area (TPSA) is 6.48 Å². The summed E-state index contributed by atoms with van der Waals surface area (Å²) in [6.45, 7) is 20.6. The summed E-state index contributed by atoms with van der Waals surface area (Å²) < 4.78 is 2.60. The minimum atomic E-state index is -0.613. The second kappa shape index (κ2) is 17.5. The maximum absolute atomic E-state index is 2.72. The summed E-state index contributed by atoms with van der Waals surface area (Å²) in [5.41, 5.74) is 23.8. The summed E-state index contributed by atoms with van der Waals surface area (Å²) >= 11 is 1.93. The number of rotatable bonds is 6. The lowest BCUT2D eigenvalue weighted by molar-refractivity contribution is 0.589. The predicted molar refractivity (Wildman–Crippen MR) is 335 cm³/mol. The Hall–Kier alpha value is -7.92. The molecule has 11 aromatic rings. The number of hydrogen-bond acceptors (Lipinski definition) is 3. The second-order valence-electron chi connectivity index (χ2n) is 25.3. The first-order valence-corrected chi connectivity index (χ1v) is 28.8. The zero-order valence-electron chi connectivity index (χ0n) is 46.3. The lowest BCUT2D eigenvalue weighted by Gasteiger charge is -2.52. The molecule has 3 aliphatic rings. The van der Waals surface area contributed by atoms with Crippen molar-refractivity contribution >= 4 is 77.7 Å². The molecule has 1 aromatic heterocycles. The van der Waals surface area contributed by atoms with Gasteiger partial charge in [-0.05, 0) is 131 Å². The van der Waals surface area contributed by atoms with Crippen LogP contribution in [-0.2, 0) is 21.7 Å². The Balaban J connectivity index is 1.10. The van der Waals surface area contributed by atoms with Crippen LogP contribution in [0.1, 0.15) is 124 Å². The van der Waals surface area contributed by atoms with Crippen LogP contribution in [0.3, 0.4) is 0 Å². The van der Waals surface area contributed by atoms with Gasteiger partial charge in [-0.15, -0.1) is 11.3 Å². The first kappa shape index (κ1) is 48.5. The largest absolute Gasteiger partial charge is 0.376 e. The molecule has 78 heavy (non-hydrogen) atoms. The van der Waals surface area contributed by atoms with Crippen molar-refractivity contribution in [2.75, 3.05) is 9.71 Å². The van der Waals surface area contributed by atoms with Crippen LogP contribution in [0.15, 0.2) is 224 Å². The molecule has 0 unspecified atom stereocenters. The van der Waals surface area contributed by atoms with Gasteiger partial charge in [-0.25, -0.2) is 0 Å².